The van der Waals surface area contributed by atoms with Gasteiger partial charge < -0.3 is 10.6 Å². The molecule has 1 aromatic carbocycles. The summed E-state index contributed by atoms with van der Waals surface area (Å²) in [7, 11) is 0. The molecule has 6 nitrogen and oxygen atoms in total. The van der Waals surface area contributed by atoms with Crippen molar-refractivity contribution in [2.45, 2.75) is 40.0 Å². The van der Waals surface area contributed by atoms with Gasteiger partial charge in [0.05, 0.1) is 17.8 Å². The summed E-state index contributed by atoms with van der Waals surface area (Å²) in [6.07, 6.45) is -2.57. The lowest BCUT2D eigenvalue weighted by Gasteiger charge is -2.12. The van der Waals surface area contributed by atoms with Crippen LogP contribution in [0.5, 0.6) is 0 Å². The number of rotatable bonds is 6. The van der Waals surface area contributed by atoms with Gasteiger partial charge in [0.2, 0.25) is 0 Å². The molecule has 2 aromatic heterocycles. The van der Waals surface area contributed by atoms with Crippen LogP contribution in [0, 0.1) is 13.8 Å². The zero-order valence-electron chi connectivity index (χ0n) is 17.7. The molecule has 3 rings (SSSR count). The number of hydrogen-bond acceptors (Lipinski definition) is 3. The third kappa shape index (κ3) is 6.07. The van der Waals surface area contributed by atoms with Crippen molar-refractivity contribution in [1.29, 1.82) is 0 Å². The predicted octanol–water partition coefficient (Wildman–Crippen LogP) is 4.16. The van der Waals surface area contributed by atoms with Gasteiger partial charge in [0, 0.05) is 25.0 Å². The van der Waals surface area contributed by atoms with Crippen molar-refractivity contribution < 1.29 is 13.2 Å². The Labute approximate surface area is 179 Å². The predicted molar refractivity (Wildman–Crippen MR) is 114 cm³/mol. The Kier molecular flexibility index (Phi) is 6.94. The number of aliphatic imine (C=N–C) groups is 1. The minimum absolute atomic E-state index is 0.360. The quantitative estimate of drug-likeness (QED) is 0.455. The first-order valence-electron chi connectivity index (χ1n) is 9.93. The summed E-state index contributed by atoms with van der Waals surface area (Å²) >= 11 is 0. The van der Waals surface area contributed by atoms with Gasteiger partial charge in [-0.1, -0.05) is 18.2 Å². The molecule has 0 bridgehead atoms. The van der Waals surface area contributed by atoms with E-state index >= 15 is 0 Å². The van der Waals surface area contributed by atoms with Crippen molar-refractivity contribution in [2.75, 3.05) is 6.54 Å². The van der Waals surface area contributed by atoms with Crippen LogP contribution in [-0.2, 0) is 19.3 Å². The second-order valence-electron chi connectivity index (χ2n) is 7.11. The highest BCUT2D eigenvalue weighted by Crippen LogP contribution is 2.29. The molecule has 0 saturated heterocycles. The van der Waals surface area contributed by atoms with E-state index in [2.05, 4.69) is 25.7 Å². The van der Waals surface area contributed by atoms with E-state index in [0.29, 0.717) is 25.6 Å². The number of aryl methyl sites for hydroxylation is 2. The molecule has 0 aliphatic rings. The average molecular weight is 430 g/mol. The van der Waals surface area contributed by atoms with E-state index in [-0.39, 0.29) is 0 Å². The molecule has 0 saturated carbocycles. The van der Waals surface area contributed by atoms with E-state index in [1.54, 1.807) is 10.9 Å². The fourth-order valence-corrected chi connectivity index (χ4v) is 3.01. The lowest BCUT2D eigenvalue weighted by Crippen LogP contribution is -2.36. The fraction of sp³-hybridized carbons (Fsp3) is 0.318. The fourth-order valence-electron chi connectivity index (χ4n) is 3.01. The summed E-state index contributed by atoms with van der Waals surface area (Å²) < 4.78 is 39.8. The topological polar surface area (TPSA) is 67.1 Å². The van der Waals surface area contributed by atoms with Gasteiger partial charge in [-0.25, -0.2) is 14.7 Å². The van der Waals surface area contributed by atoms with Gasteiger partial charge in [0.15, 0.2) is 11.8 Å². The van der Waals surface area contributed by atoms with Crippen LogP contribution in [0.1, 0.15) is 35.0 Å². The molecule has 2 N–H and O–H groups in total. The maximum atomic E-state index is 12.7. The zero-order valence-corrected chi connectivity index (χ0v) is 17.7. The number of nitrogens with one attached hydrogen (secondary N) is 2. The molecule has 31 heavy (non-hydrogen) atoms. The summed E-state index contributed by atoms with van der Waals surface area (Å²) in [5.74, 6) is 1.32. The van der Waals surface area contributed by atoms with Crippen molar-refractivity contribution >= 4 is 5.96 Å². The molecule has 2 heterocycles. The van der Waals surface area contributed by atoms with Gasteiger partial charge in [-0.3, -0.25) is 0 Å². The van der Waals surface area contributed by atoms with Crippen LogP contribution in [0.25, 0.3) is 5.82 Å². The average Bonchev–Trinajstić information content (AvgIpc) is 3.08. The number of benzene rings is 1. The Morgan fingerprint density at radius 1 is 1.03 bits per heavy atom. The van der Waals surface area contributed by atoms with Gasteiger partial charge in [-0.2, -0.15) is 18.3 Å². The minimum atomic E-state index is -4.33. The number of alkyl halides is 3. The first-order chi connectivity index (χ1) is 14.8. The number of hydrogen-bond donors (Lipinski definition) is 2. The van der Waals surface area contributed by atoms with Crippen molar-refractivity contribution in [1.82, 2.24) is 25.4 Å². The molecule has 164 valence electrons. The SMILES string of the molecule is CCNC(=NCc1ccc(-n2nc(C)cc2C)nc1)NCc1ccc(C(F)(F)F)cc1. The van der Waals surface area contributed by atoms with Crippen LogP contribution in [-0.4, -0.2) is 27.3 Å². The standard InChI is InChI=1S/C22H25F3N6/c1-4-26-21(28-12-17-5-8-19(9-6-17)22(23,24)25)29-14-18-7-10-20(27-13-18)31-16(3)11-15(2)30-31/h5-11,13H,4,12,14H2,1-3H3,(H2,26,28,29). The van der Waals surface area contributed by atoms with E-state index < -0.39 is 11.7 Å². The second-order valence-corrected chi connectivity index (χ2v) is 7.11. The van der Waals surface area contributed by atoms with E-state index in [0.717, 1.165) is 40.5 Å². The molecule has 0 amide bonds. The zero-order chi connectivity index (χ0) is 22.4. The maximum absolute atomic E-state index is 12.7. The van der Waals surface area contributed by atoms with Crippen molar-refractivity contribution in [3.63, 3.8) is 0 Å². The minimum Gasteiger partial charge on any atom is -0.357 e. The monoisotopic (exact) mass is 430 g/mol. The van der Waals surface area contributed by atoms with E-state index in [4.69, 9.17) is 0 Å². The number of guanidine groups is 1. The Morgan fingerprint density at radius 2 is 1.74 bits per heavy atom. The first kappa shape index (κ1) is 22.3. The van der Waals surface area contributed by atoms with E-state index in [1.807, 2.05) is 39.0 Å². The highest BCUT2D eigenvalue weighted by atomic mass is 19.4. The molecule has 0 radical (unpaired) electrons. The summed E-state index contributed by atoms with van der Waals surface area (Å²) in [5.41, 5.74) is 2.94. The second kappa shape index (κ2) is 9.63. The Morgan fingerprint density at radius 3 is 2.29 bits per heavy atom. The Hall–Kier alpha value is -3.36. The maximum Gasteiger partial charge on any atom is 0.416 e. The molecule has 3 aromatic rings. The number of pyridine rings is 1. The highest BCUT2D eigenvalue weighted by molar-refractivity contribution is 5.79. The van der Waals surface area contributed by atoms with Crippen LogP contribution < -0.4 is 10.6 Å². The summed E-state index contributed by atoms with van der Waals surface area (Å²) in [6.45, 7) is 7.29. The van der Waals surface area contributed by atoms with E-state index in [1.165, 1.54) is 12.1 Å². The molecular weight excluding hydrogens is 405 g/mol. The van der Waals surface area contributed by atoms with Crippen LogP contribution in [0.2, 0.25) is 0 Å². The Bertz CT molecular complexity index is 1020. The van der Waals surface area contributed by atoms with Crippen LogP contribution in [0.15, 0.2) is 53.7 Å². The van der Waals surface area contributed by atoms with Crippen molar-refractivity contribution in [3.8, 4) is 5.82 Å². The molecule has 0 fully saturated rings. The van der Waals surface area contributed by atoms with Crippen molar-refractivity contribution in [2.24, 2.45) is 4.99 Å². The summed E-state index contributed by atoms with van der Waals surface area (Å²) in [6, 6.07) is 10.9. The van der Waals surface area contributed by atoms with Gasteiger partial charge in [0.25, 0.3) is 0 Å². The van der Waals surface area contributed by atoms with Gasteiger partial charge in [-0.15, -0.1) is 0 Å². The lowest BCUT2D eigenvalue weighted by atomic mass is 10.1. The largest absolute Gasteiger partial charge is 0.416 e. The van der Waals surface area contributed by atoms with Gasteiger partial charge >= 0.3 is 6.18 Å². The molecule has 0 atom stereocenters. The van der Waals surface area contributed by atoms with Crippen molar-refractivity contribution in [3.05, 3.63) is 76.7 Å². The molecule has 9 heteroatoms. The van der Waals surface area contributed by atoms with E-state index in [9.17, 15) is 13.2 Å². The first-order valence-corrected chi connectivity index (χ1v) is 9.93. The molecule has 0 aliphatic heterocycles. The number of nitrogens with zero attached hydrogens (tertiary/aromatic N) is 4. The van der Waals surface area contributed by atoms with Crippen LogP contribution in [0.4, 0.5) is 13.2 Å². The molecule has 0 spiro atoms. The smallest absolute Gasteiger partial charge is 0.357 e. The highest BCUT2D eigenvalue weighted by Gasteiger charge is 2.29. The van der Waals surface area contributed by atoms with Gasteiger partial charge in [-0.05, 0) is 56.2 Å². The number of halogens is 3. The summed E-state index contributed by atoms with van der Waals surface area (Å²) in [4.78, 5) is 9.00. The lowest BCUT2D eigenvalue weighted by molar-refractivity contribution is -0.137. The molecule has 0 unspecified atom stereocenters. The number of aromatic nitrogens is 3. The van der Waals surface area contributed by atoms with Crippen LogP contribution >= 0.6 is 0 Å². The molecule has 0 aliphatic carbocycles. The normalized spacial score (nSPS) is 12.1. The third-order valence-corrected chi connectivity index (χ3v) is 4.54. The van der Waals surface area contributed by atoms with Crippen LogP contribution in [0.3, 0.4) is 0 Å². The Balaban J connectivity index is 1.62. The molecular formula is C22H25F3N6. The third-order valence-electron chi connectivity index (χ3n) is 4.54. The van der Waals surface area contributed by atoms with Gasteiger partial charge in [0.1, 0.15) is 0 Å². The summed E-state index contributed by atoms with van der Waals surface area (Å²) in [5, 5.41) is 10.7.